The maximum absolute atomic E-state index is 13.3. The van der Waals surface area contributed by atoms with Crippen LogP contribution in [0.3, 0.4) is 0 Å². The van der Waals surface area contributed by atoms with E-state index in [0.717, 1.165) is 21.7 Å². The van der Waals surface area contributed by atoms with Crippen LogP contribution in [0.2, 0.25) is 5.02 Å². The third-order valence-electron chi connectivity index (χ3n) is 6.76. The highest BCUT2D eigenvalue weighted by molar-refractivity contribution is 6.31. The van der Waals surface area contributed by atoms with Gasteiger partial charge in [-0.2, -0.15) is 0 Å². The number of aromatic nitrogens is 1. The quantitative estimate of drug-likeness (QED) is 0.276. The van der Waals surface area contributed by atoms with Gasteiger partial charge in [-0.3, -0.25) is 9.59 Å². The second kappa shape index (κ2) is 9.93. The van der Waals surface area contributed by atoms with Crippen molar-refractivity contribution >= 4 is 45.0 Å². The minimum absolute atomic E-state index is 0.185. The van der Waals surface area contributed by atoms with Crippen LogP contribution in [-0.4, -0.2) is 40.6 Å². The molecule has 1 saturated carbocycles. The Kier molecular flexibility index (Phi) is 6.71. The van der Waals surface area contributed by atoms with Gasteiger partial charge in [-0.15, -0.1) is 0 Å². The van der Waals surface area contributed by atoms with Crippen molar-refractivity contribution in [2.75, 3.05) is 13.2 Å². The lowest BCUT2D eigenvalue weighted by molar-refractivity contribution is 0.0913. The zero-order valence-electron chi connectivity index (χ0n) is 19.7. The highest BCUT2D eigenvalue weighted by Crippen LogP contribution is 2.41. The fourth-order valence-corrected chi connectivity index (χ4v) is 4.75. The molecule has 1 fully saturated rings. The van der Waals surface area contributed by atoms with Crippen molar-refractivity contribution in [2.45, 2.75) is 37.8 Å². The zero-order chi connectivity index (χ0) is 25.4. The molecule has 0 radical (unpaired) electrons. The van der Waals surface area contributed by atoms with Crippen LogP contribution in [0.15, 0.2) is 54.7 Å². The number of nitrogens with zero attached hydrogens (tertiary/aromatic N) is 1. The number of nitrogens with two attached hydrogens (primary N) is 2. The predicted octanol–water partition coefficient (Wildman–Crippen LogP) is 4.40. The molecular formula is C28H28ClN3O4. The molecule has 1 amide bonds. The van der Waals surface area contributed by atoms with Crippen molar-refractivity contribution < 1.29 is 19.4 Å². The van der Waals surface area contributed by atoms with Gasteiger partial charge in [-0.25, -0.2) is 0 Å². The standard InChI is InChI=1S/C28H28ClN3O4/c29-20-5-3-18-12-27(23(28(31)35)10-19(18)9-20)36-15-26(34)24-14-32(8-7-21(33)13-30)25-11-17(16-1-2-16)4-6-22(24)25/h3-6,9-12,14,16,21,33H,1-2,7-8,13,15,30H2,(H2,31,35). The Morgan fingerprint density at radius 3 is 2.61 bits per heavy atom. The molecule has 36 heavy (non-hydrogen) atoms. The fourth-order valence-electron chi connectivity index (χ4n) is 4.57. The van der Waals surface area contributed by atoms with E-state index in [2.05, 4.69) is 12.1 Å². The first kappa shape index (κ1) is 24.3. The largest absolute Gasteiger partial charge is 0.485 e. The number of ether oxygens (including phenoxy) is 1. The Hall–Kier alpha value is -3.39. The molecule has 7 nitrogen and oxygen atoms in total. The molecule has 186 valence electrons. The summed E-state index contributed by atoms with van der Waals surface area (Å²) in [6, 6.07) is 14.8. The number of primary amides is 1. The van der Waals surface area contributed by atoms with Crippen LogP contribution >= 0.6 is 11.6 Å². The Morgan fingerprint density at radius 2 is 1.89 bits per heavy atom. The van der Waals surface area contributed by atoms with Crippen molar-refractivity contribution in [1.82, 2.24) is 4.57 Å². The maximum atomic E-state index is 13.3. The number of carbonyl (C=O) groups excluding carboxylic acids is 2. The number of aliphatic hydroxyl groups excluding tert-OH is 1. The average Bonchev–Trinajstić information content (AvgIpc) is 3.66. The highest BCUT2D eigenvalue weighted by Gasteiger charge is 2.25. The van der Waals surface area contributed by atoms with E-state index >= 15 is 0 Å². The number of amides is 1. The van der Waals surface area contributed by atoms with Crippen LogP contribution < -0.4 is 16.2 Å². The number of hydrogen-bond acceptors (Lipinski definition) is 5. The Bertz CT molecular complexity index is 1470. The number of Topliss-reactive ketones (excluding diaryl/α,β-unsaturated/α-hetero) is 1. The topological polar surface area (TPSA) is 121 Å². The van der Waals surface area contributed by atoms with Crippen LogP contribution in [0.5, 0.6) is 5.75 Å². The monoisotopic (exact) mass is 505 g/mol. The lowest BCUT2D eigenvalue weighted by atomic mass is 10.0. The van der Waals surface area contributed by atoms with Gasteiger partial charge >= 0.3 is 0 Å². The second-order valence-corrected chi connectivity index (χ2v) is 9.82. The van der Waals surface area contributed by atoms with Crippen molar-refractivity contribution in [3.8, 4) is 5.75 Å². The van der Waals surface area contributed by atoms with Gasteiger partial charge in [0.1, 0.15) is 5.75 Å². The molecule has 3 aromatic carbocycles. The molecule has 1 aromatic heterocycles. The number of rotatable bonds is 10. The van der Waals surface area contributed by atoms with Gasteiger partial charge in [0.25, 0.3) is 5.91 Å². The molecule has 1 atom stereocenters. The van der Waals surface area contributed by atoms with E-state index in [9.17, 15) is 14.7 Å². The van der Waals surface area contributed by atoms with Gasteiger partial charge in [0, 0.05) is 40.8 Å². The van der Waals surface area contributed by atoms with Crippen molar-refractivity contribution in [1.29, 1.82) is 0 Å². The van der Waals surface area contributed by atoms with E-state index in [0.29, 0.717) is 29.5 Å². The Labute approximate surface area is 213 Å². The van der Waals surface area contributed by atoms with Gasteiger partial charge < -0.3 is 25.9 Å². The molecule has 1 unspecified atom stereocenters. The number of halogens is 1. The van der Waals surface area contributed by atoms with Gasteiger partial charge in [0.05, 0.1) is 11.7 Å². The average molecular weight is 506 g/mol. The molecule has 0 spiro atoms. The third-order valence-corrected chi connectivity index (χ3v) is 6.99. The molecule has 0 bridgehead atoms. The molecule has 5 rings (SSSR count). The van der Waals surface area contributed by atoms with E-state index in [1.165, 1.54) is 18.4 Å². The molecule has 4 aromatic rings. The minimum atomic E-state index is -0.651. The number of benzene rings is 3. The maximum Gasteiger partial charge on any atom is 0.252 e. The summed E-state index contributed by atoms with van der Waals surface area (Å²) in [5, 5.41) is 12.9. The van der Waals surface area contributed by atoms with Crippen molar-refractivity contribution in [3.05, 3.63) is 76.4 Å². The third kappa shape index (κ3) is 4.95. The molecule has 1 aliphatic carbocycles. The van der Waals surface area contributed by atoms with Gasteiger partial charge in [0.2, 0.25) is 5.78 Å². The molecule has 0 saturated heterocycles. The van der Waals surface area contributed by atoms with Gasteiger partial charge in [0.15, 0.2) is 6.61 Å². The fraction of sp³-hybridized carbons (Fsp3) is 0.286. The van der Waals surface area contributed by atoms with E-state index in [-0.39, 0.29) is 30.2 Å². The summed E-state index contributed by atoms with van der Waals surface area (Å²) in [7, 11) is 0. The van der Waals surface area contributed by atoms with E-state index in [1.807, 2.05) is 22.9 Å². The number of hydrogen-bond donors (Lipinski definition) is 3. The number of fused-ring (bicyclic) bond motifs is 2. The summed E-state index contributed by atoms with van der Waals surface area (Å²) >= 11 is 6.07. The van der Waals surface area contributed by atoms with Crippen LogP contribution in [0.25, 0.3) is 21.7 Å². The first-order chi connectivity index (χ1) is 17.3. The first-order valence-corrected chi connectivity index (χ1v) is 12.4. The molecular weight excluding hydrogens is 478 g/mol. The van der Waals surface area contributed by atoms with Gasteiger partial charge in [-0.05, 0) is 71.8 Å². The first-order valence-electron chi connectivity index (χ1n) is 12.0. The summed E-state index contributed by atoms with van der Waals surface area (Å²) in [4.78, 5) is 25.4. The molecule has 8 heteroatoms. The smallest absolute Gasteiger partial charge is 0.252 e. The summed E-state index contributed by atoms with van der Waals surface area (Å²) in [6.45, 7) is 0.469. The second-order valence-electron chi connectivity index (χ2n) is 9.38. The molecule has 0 aliphatic heterocycles. The summed E-state index contributed by atoms with van der Waals surface area (Å²) < 4.78 is 7.85. The molecule has 1 heterocycles. The number of carbonyl (C=O) groups is 2. The highest BCUT2D eigenvalue weighted by atomic mass is 35.5. The van der Waals surface area contributed by atoms with Crippen molar-refractivity contribution in [2.24, 2.45) is 11.5 Å². The molecule has 5 N–H and O–H groups in total. The summed E-state index contributed by atoms with van der Waals surface area (Å²) in [6.07, 6.45) is 4.05. The lowest BCUT2D eigenvalue weighted by Gasteiger charge is -2.11. The van der Waals surface area contributed by atoms with Crippen LogP contribution in [0.1, 0.15) is 51.5 Å². The normalized spacial score (nSPS) is 14.3. The van der Waals surface area contributed by atoms with Crippen molar-refractivity contribution in [3.63, 3.8) is 0 Å². The number of aliphatic hydroxyl groups is 1. The van der Waals surface area contributed by atoms with E-state index < -0.39 is 12.0 Å². The predicted molar refractivity (Wildman–Crippen MR) is 141 cm³/mol. The Balaban J connectivity index is 1.44. The number of aryl methyl sites for hydroxylation is 1. The molecule has 1 aliphatic rings. The van der Waals surface area contributed by atoms with Crippen LogP contribution in [0.4, 0.5) is 0 Å². The van der Waals surface area contributed by atoms with E-state index in [4.69, 9.17) is 27.8 Å². The lowest BCUT2D eigenvalue weighted by Crippen LogP contribution is -2.21. The summed E-state index contributed by atoms with van der Waals surface area (Å²) in [5.74, 6) is -0.0488. The van der Waals surface area contributed by atoms with Crippen LogP contribution in [0, 0.1) is 0 Å². The Morgan fingerprint density at radius 1 is 1.08 bits per heavy atom. The van der Waals surface area contributed by atoms with Crippen LogP contribution in [-0.2, 0) is 6.54 Å². The zero-order valence-corrected chi connectivity index (χ0v) is 20.5. The van der Waals surface area contributed by atoms with Gasteiger partial charge in [-0.1, -0.05) is 29.8 Å². The van der Waals surface area contributed by atoms with E-state index in [1.54, 1.807) is 24.3 Å². The summed E-state index contributed by atoms with van der Waals surface area (Å²) in [5.41, 5.74) is 14.1. The number of ketones is 1. The minimum Gasteiger partial charge on any atom is -0.485 e. The SMILES string of the molecule is NCC(O)CCn1cc(C(=O)COc2cc3ccc(Cl)cc3cc2C(N)=O)c2ccc(C3CC3)cc21.